The molecule has 1 amide bonds. The third kappa shape index (κ3) is 3.80. The van der Waals surface area contributed by atoms with Crippen LogP contribution in [0.5, 0.6) is 0 Å². The van der Waals surface area contributed by atoms with E-state index in [1.54, 1.807) is 13.0 Å². The predicted octanol–water partition coefficient (Wildman–Crippen LogP) is 2.47. The van der Waals surface area contributed by atoms with Gasteiger partial charge in [0.1, 0.15) is 6.42 Å². The van der Waals surface area contributed by atoms with Gasteiger partial charge in [-0.05, 0) is 30.7 Å². The van der Waals surface area contributed by atoms with Crippen LogP contribution in [0.4, 0.5) is 24.5 Å². The fourth-order valence-electron chi connectivity index (χ4n) is 1.20. The van der Waals surface area contributed by atoms with Gasteiger partial charge in [-0.3, -0.25) is 4.79 Å². The average Bonchev–Trinajstić information content (AvgIpc) is 2.06. The lowest BCUT2D eigenvalue weighted by molar-refractivity contribution is -0.150. The molecule has 1 rings (SSSR count). The molecule has 1 aromatic carbocycles. The Bertz CT molecular complexity index is 402. The molecule has 88 valence electrons. The van der Waals surface area contributed by atoms with Gasteiger partial charge in [-0.2, -0.15) is 13.2 Å². The first-order chi connectivity index (χ1) is 7.28. The van der Waals surface area contributed by atoms with Crippen molar-refractivity contribution in [3.05, 3.63) is 23.8 Å². The van der Waals surface area contributed by atoms with Crippen molar-refractivity contribution in [1.29, 1.82) is 0 Å². The van der Waals surface area contributed by atoms with E-state index in [9.17, 15) is 18.0 Å². The van der Waals surface area contributed by atoms with E-state index >= 15 is 0 Å². The Morgan fingerprint density at radius 3 is 2.56 bits per heavy atom. The summed E-state index contributed by atoms with van der Waals surface area (Å²) in [6, 6.07) is 4.55. The Morgan fingerprint density at radius 1 is 1.44 bits per heavy atom. The van der Waals surface area contributed by atoms with Crippen LogP contribution in [0.15, 0.2) is 18.2 Å². The Balaban J connectivity index is 2.70. The summed E-state index contributed by atoms with van der Waals surface area (Å²) >= 11 is 0. The SMILES string of the molecule is Cc1cc(N)ccc1NC(=O)CC(F)(F)F. The van der Waals surface area contributed by atoms with Crippen molar-refractivity contribution in [3.63, 3.8) is 0 Å². The molecule has 0 bridgehead atoms. The van der Waals surface area contributed by atoms with E-state index in [0.717, 1.165) is 0 Å². The summed E-state index contributed by atoms with van der Waals surface area (Å²) in [5.41, 5.74) is 6.92. The number of nitrogens with two attached hydrogens (primary N) is 1. The van der Waals surface area contributed by atoms with Crippen molar-refractivity contribution >= 4 is 17.3 Å². The Labute approximate surface area is 90.4 Å². The number of rotatable bonds is 2. The number of hydrogen-bond acceptors (Lipinski definition) is 2. The zero-order valence-electron chi connectivity index (χ0n) is 8.56. The number of carbonyl (C=O) groups excluding carboxylic acids is 1. The number of hydrogen-bond donors (Lipinski definition) is 2. The second-order valence-electron chi connectivity index (χ2n) is 3.41. The number of carbonyl (C=O) groups is 1. The molecule has 16 heavy (non-hydrogen) atoms. The first-order valence-corrected chi connectivity index (χ1v) is 4.50. The number of alkyl halides is 3. The lowest BCUT2D eigenvalue weighted by Crippen LogP contribution is -2.21. The van der Waals surface area contributed by atoms with E-state index in [1.807, 2.05) is 0 Å². The van der Waals surface area contributed by atoms with Crippen molar-refractivity contribution < 1.29 is 18.0 Å². The van der Waals surface area contributed by atoms with Crippen molar-refractivity contribution in [1.82, 2.24) is 0 Å². The summed E-state index contributed by atoms with van der Waals surface area (Å²) in [6.45, 7) is 1.65. The van der Waals surface area contributed by atoms with Gasteiger partial charge >= 0.3 is 6.18 Å². The van der Waals surface area contributed by atoms with Gasteiger partial charge in [0.2, 0.25) is 5.91 Å². The van der Waals surface area contributed by atoms with E-state index in [1.165, 1.54) is 12.1 Å². The second kappa shape index (κ2) is 4.42. The van der Waals surface area contributed by atoms with Gasteiger partial charge in [-0.25, -0.2) is 0 Å². The number of amides is 1. The minimum absolute atomic E-state index is 0.337. The topological polar surface area (TPSA) is 55.1 Å². The second-order valence-corrected chi connectivity index (χ2v) is 3.41. The molecule has 0 aliphatic carbocycles. The first-order valence-electron chi connectivity index (χ1n) is 4.50. The van der Waals surface area contributed by atoms with Crippen LogP contribution in [0.25, 0.3) is 0 Å². The van der Waals surface area contributed by atoms with Crippen molar-refractivity contribution in [2.24, 2.45) is 0 Å². The van der Waals surface area contributed by atoms with E-state index in [4.69, 9.17) is 5.73 Å². The fourth-order valence-corrected chi connectivity index (χ4v) is 1.20. The van der Waals surface area contributed by atoms with Crippen LogP contribution in [0, 0.1) is 6.92 Å². The Kier molecular flexibility index (Phi) is 3.41. The van der Waals surface area contributed by atoms with E-state index < -0.39 is 18.5 Å². The highest BCUT2D eigenvalue weighted by Gasteiger charge is 2.31. The molecule has 0 radical (unpaired) electrons. The van der Waals surface area contributed by atoms with Crippen LogP contribution >= 0.6 is 0 Å². The minimum atomic E-state index is -4.49. The normalized spacial score (nSPS) is 11.2. The van der Waals surface area contributed by atoms with E-state index in [-0.39, 0.29) is 0 Å². The van der Waals surface area contributed by atoms with E-state index in [0.29, 0.717) is 16.9 Å². The molecule has 1 aromatic rings. The van der Waals surface area contributed by atoms with Gasteiger partial charge in [0.05, 0.1) is 0 Å². The Hall–Kier alpha value is -1.72. The molecule has 0 heterocycles. The molecule has 0 atom stereocenters. The largest absolute Gasteiger partial charge is 0.399 e. The van der Waals surface area contributed by atoms with Gasteiger partial charge in [0.15, 0.2) is 0 Å². The summed E-state index contributed by atoms with van der Waals surface area (Å²) in [7, 11) is 0. The third-order valence-corrected chi connectivity index (χ3v) is 1.89. The molecular weight excluding hydrogens is 221 g/mol. The van der Waals surface area contributed by atoms with Crippen LogP contribution in [0.1, 0.15) is 12.0 Å². The number of benzene rings is 1. The lowest BCUT2D eigenvalue weighted by Gasteiger charge is -2.10. The summed E-state index contributed by atoms with van der Waals surface area (Å²) in [4.78, 5) is 11.0. The maximum atomic E-state index is 11.9. The smallest absolute Gasteiger partial charge is 0.397 e. The number of aryl methyl sites for hydroxylation is 1. The standard InChI is InChI=1S/C10H11F3N2O/c1-6-4-7(14)2-3-8(6)15-9(16)5-10(11,12)13/h2-4H,5,14H2,1H3,(H,15,16). The highest BCUT2D eigenvalue weighted by molar-refractivity contribution is 5.92. The monoisotopic (exact) mass is 232 g/mol. The van der Waals surface area contributed by atoms with Gasteiger partial charge in [0.25, 0.3) is 0 Å². The van der Waals surface area contributed by atoms with Gasteiger partial charge in [0, 0.05) is 11.4 Å². The number of nitrogen functional groups attached to an aromatic ring is 1. The van der Waals surface area contributed by atoms with Crippen molar-refractivity contribution in [2.75, 3.05) is 11.1 Å². The lowest BCUT2D eigenvalue weighted by atomic mass is 10.2. The van der Waals surface area contributed by atoms with Crippen molar-refractivity contribution in [3.8, 4) is 0 Å². The average molecular weight is 232 g/mol. The van der Waals surface area contributed by atoms with Gasteiger partial charge < -0.3 is 11.1 Å². The predicted molar refractivity (Wildman–Crippen MR) is 54.9 cm³/mol. The van der Waals surface area contributed by atoms with Crippen LogP contribution in [-0.2, 0) is 4.79 Å². The van der Waals surface area contributed by atoms with Crippen LogP contribution in [-0.4, -0.2) is 12.1 Å². The molecule has 0 saturated carbocycles. The molecule has 0 fully saturated rings. The molecule has 0 aliphatic heterocycles. The first kappa shape index (κ1) is 12.4. The molecule has 0 saturated heterocycles. The van der Waals surface area contributed by atoms with Crippen LogP contribution in [0.3, 0.4) is 0 Å². The molecule has 0 aliphatic rings. The zero-order valence-corrected chi connectivity index (χ0v) is 8.56. The zero-order chi connectivity index (χ0) is 12.3. The number of anilines is 2. The van der Waals surface area contributed by atoms with Gasteiger partial charge in [-0.15, -0.1) is 0 Å². The molecule has 3 N–H and O–H groups in total. The van der Waals surface area contributed by atoms with Crippen molar-refractivity contribution in [2.45, 2.75) is 19.5 Å². The van der Waals surface area contributed by atoms with Crippen LogP contribution < -0.4 is 11.1 Å². The molecule has 6 heteroatoms. The molecule has 0 unspecified atom stereocenters. The minimum Gasteiger partial charge on any atom is -0.399 e. The maximum absolute atomic E-state index is 11.9. The highest BCUT2D eigenvalue weighted by atomic mass is 19.4. The van der Waals surface area contributed by atoms with Crippen LogP contribution in [0.2, 0.25) is 0 Å². The molecule has 0 spiro atoms. The summed E-state index contributed by atoms with van der Waals surface area (Å²) in [6.07, 6.45) is -5.98. The number of nitrogens with one attached hydrogen (secondary N) is 1. The summed E-state index contributed by atoms with van der Waals surface area (Å²) in [5, 5.41) is 2.18. The molecular formula is C10H11F3N2O. The van der Waals surface area contributed by atoms with E-state index in [2.05, 4.69) is 5.32 Å². The Morgan fingerprint density at radius 2 is 2.06 bits per heavy atom. The quantitative estimate of drug-likeness (QED) is 0.769. The summed E-state index contributed by atoms with van der Waals surface area (Å²) < 4.78 is 35.7. The third-order valence-electron chi connectivity index (χ3n) is 1.89. The molecule has 0 aromatic heterocycles. The molecule has 3 nitrogen and oxygen atoms in total. The van der Waals surface area contributed by atoms with Gasteiger partial charge in [-0.1, -0.05) is 0 Å². The maximum Gasteiger partial charge on any atom is 0.397 e. The fraction of sp³-hybridized carbons (Fsp3) is 0.300. The highest BCUT2D eigenvalue weighted by Crippen LogP contribution is 2.22. The number of halogens is 3. The summed E-state index contributed by atoms with van der Waals surface area (Å²) in [5.74, 6) is -1.08.